The molecule has 0 radical (unpaired) electrons. The number of imide groups is 1. The van der Waals surface area contributed by atoms with Crippen LogP contribution in [-0.4, -0.2) is 71.0 Å². The van der Waals surface area contributed by atoms with E-state index >= 15 is 0 Å². The van der Waals surface area contributed by atoms with Crippen molar-refractivity contribution >= 4 is 29.9 Å². The molecule has 2 heterocycles. The van der Waals surface area contributed by atoms with Gasteiger partial charge in [0.1, 0.15) is 5.78 Å². The van der Waals surface area contributed by atoms with E-state index in [0.717, 1.165) is 0 Å². The van der Waals surface area contributed by atoms with Gasteiger partial charge in [-0.2, -0.15) is 0 Å². The highest BCUT2D eigenvalue weighted by Gasteiger charge is 2.50. The summed E-state index contributed by atoms with van der Waals surface area (Å²) in [7, 11) is 3.38. The molecule has 2 aliphatic rings. The zero-order valence-corrected chi connectivity index (χ0v) is 12.0. The summed E-state index contributed by atoms with van der Waals surface area (Å²) in [6.07, 6.45) is 3.36. The molecule has 1 atom stereocenters. The first-order valence-corrected chi connectivity index (χ1v) is 6.65. The van der Waals surface area contributed by atoms with E-state index in [9.17, 15) is 14.4 Å². The fraction of sp³-hybridized carbons (Fsp3) is 0.615. The molecule has 0 saturated carbocycles. The molecule has 1 saturated heterocycles. The van der Waals surface area contributed by atoms with E-state index in [-0.39, 0.29) is 17.7 Å². The molecule has 2 aliphatic heterocycles. The molecule has 7 nitrogen and oxygen atoms in total. The van der Waals surface area contributed by atoms with Gasteiger partial charge in [0.15, 0.2) is 0 Å². The molecule has 3 amide bonds. The number of Topliss-reactive ketones (excluding diaryl/α,β-unsaturated/α-hetero) is 1. The standard InChI is InChI=1S/C13H19N4O3/c1-9(18)6-4-5-7-17-12(19)10-11(14-8-15(10)2)16(3)13(17)20/h8,10H,4-7H2,1-3H3/q+1. The Morgan fingerprint density at radius 3 is 2.75 bits per heavy atom. The molecular weight excluding hydrogens is 260 g/mol. The lowest BCUT2D eigenvalue weighted by atomic mass is 10.1. The average molecular weight is 279 g/mol. The SMILES string of the molecule is CC(=O)CCCCN1C(=O)C2C(=NC=[N+]2C)N(C)C1=O. The normalized spacial score (nSPS) is 21.9. The number of hydrogen-bond donors (Lipinski definition) is 0. The Bertz CT molecular complexity index is 524. The number of rotatable bonds is 5. The van der Waals surface area contributed by atoms with Gasteiger partial charge in [0.05, 0.1) is 7.05 Å². The molecule has 108 valence electrons. The van der Waals surface area contributed by atoms with E-state index in [1.165, 1.54) is 16.7 Å². The summed E-state index contributed by atoms with van der Waals surface area (Å²) < 4.78 is 1.70. The van der Waals surface area contributed by atoms with E-state index < -0.39 is 6.04 Å². The third-order valence-corrected chi connectivity index (χ3v) is 3.55. The predicted octanol–water partition coefficient (Wildman–Crippen LogP) is 0.0910. The van der Waals surface area contributed by atoms with E-state index in [1.54, 1.807) is 25.0 Å². The summed E-state index contributed by atoms with van der Waals surface area (Å²) in [6, 6.07) is -0.859. The second kappa shape index (κ2) is 5.52. The van der Waals surface area contributed by atoms with Crippen molar-refractivity contribution in [2.75, 3.05) is 20.6 Å². The van der Waals surface area contributed by atoms with Gasteiger partial charge in [-0.3, -0.25) is 14.6 Å². The number of hydrogen-bond acceptors (Lipinski definition) is 4. The highest BCUT2D eigenvalue weighted by Crippen LogP contribution is 2.17. The second-order valence-corrected chi connectivity index (χ2v) is 5.16. The summed E-state index contributed by atoms with van der Waals surface area (Å²) in [5.41, 5.74) is 0. The lowest BCUT2D eigenvalue weighted by Crippen LogP contribution is -2.62. The number of amides is 3. The number of amidine groups is 1. The first-order valence-electron chi connectivity index (χ1n) is 6.65. The fourth-order valence-corrected chi connectivity index (χ4v) is 2.39. The molecule has 20 heavy (non-hydrogen) atoms. The maximum Gasteiger partial charge on any atom is 0.333 e. The molecule has 0 spiro atoms. The van der Waals surface area contributed by atoms with Gasteiger partial charge in [0, 0.05) is 20.0 Å². The van der Waals surface area contributed by atoms with E-state index in [0.29, 0.717) is 31.6 Å². The van der Waals surface area contributed by atoms with Crippen LogP contribution in [0.2, 0.25) is 0 Å². The Hall–Kier alpha value is -2.05. The molecule has 0 bridgehead atoms. The van der Waals surface area contributed by atoms with Gasteiger partial charge in [-0.25, -0.2) is 9.37 Å². The molecule has 7 heteroatoms. The van der Waals surface area contributed by atoms with Crippen LogP contribution >= 0.6 is 0 Å². The van der Waals surface area contributed by atoms with Gasteiger partial charge in [-0.05, 0) is 24.8 Å². The van der Waals surface area contributed by atoms with Crippen LogP contribution < -0.4 is 0 Å². The Morgan fingerprint density at radius 1 is 1.40 bits per heavy atom. The zero-order valence-electron chi connectivity index (χ0n) is 12.0. The molecule has 0 aromatic heterocycles. The van der Waals surface area contributed by atoms with Crippen molar-refractivity contribution in [2.24, 2.45) is 4.99 Å². The Labute approximate surface area is 117 Å². The zero-order chi connectivity index (χ0) is 14.9. The summed E-state index contributed by atoms with van der Waals surface area (Å²) in [4.78, 5) is 42.2. The predicted molar refractivity (Wildman–Crippen MR) is 72.9 cm³/mol. The van der Waals surface area contributed by atoms with Crippen molar-refractivity contribution in [3.63, 3.8) is 0 Å². The Balaban J connectivity index is 2.03. The van der Waals surface area contributed by atoms with Crippen LogP contribution in [0.3, 0.4) is 0 Å². The molecule has 0 aromatic rings. The van der Waals surface area contributed by atoms with Crippen LogP contribution in [0.15, 0.2) is 4.99 Å². The van der Waals surface area contributed by atoms with Crippen molar-refractivity contribution in [3.05, 3.63) is 0 Å². The van der Waals surface area contributed by atoms with Crippen LogP contribution in [0.1, 0.15) is 26.2 Å². The van der Waals surface area contributed by atoms with Crippen molar-refractivity contribution in [1.29, 1.82) is 0 Å². The van der Waals surface area contributed by atoms with Gasteiger partial charge >= 0.3 is 6.03 Å². The van der Waals surface area contributed by atoms with Crippen molar-refractivity contribution in [2.45, 2.75) is 32.2 Å². The summed E-state index contributed by atoms with van der Waals surface area (Å²) in [5, 5.41) is 0. The average Bonchev–Trinajstić information content (AvgIpc) is 2.77. The highest BCUT2D eigenvalue weighted by atomic mass is 16.2. The summed E-state index contributed by atoms with van der Waals surface area (Å²) in [5.74, 6) is 0.353. The van der Waals surface area contributed by atoms with Crippen molar-refractivity contribution in [1.82, 2.24) is 9.80 Å². The monoisotopic (exact) mass is 279 g/mol. The first kappa shape index (κ1) is 14.4. The highest BCUT2D eigenvalue weighted by molar-refractivity contribution is 6.21. The molecule has 2 rings (SSSR count). The van der Waals surface area contributed by atoms with E-state index in [4.69, 9.17) is 0 Å². The number of aliphatic imine (C=N–C) groups is 1. The van der Waals surface area contributed by atoms with Crippen LogP contribution in [0.25, 0.3) is 0 Å². The minimum Gasteiger partial charge on any atom is -0.300 e. The molecule has 0 aliphatic carbocycles. The van der Waals surface area contributed by atoms with Crippen LogP contribution in [0, 0.1) is 0 Å². The maximum atomic E-state index is 12.4. The topological polar surface area (TPSA) is 73.1 Å². The second-order valence-electron chi connectivity index (χ2n) is 5.16. The minimum atomic E-state index is -0.509. The van der Waals surface area contributed by atoms with Crippen LogP contribution in [0.5, 0.6) is 0 Å². The largest absolute Gasteiger partial charge is 0.333 e. The summed E-state index contributed by atoms with van der Waals surface area (Å²) in [6.45, 7) is 1.88. The molecule has 0 N–H and O–H groups in total. The number of urea groups is 1. The van der Waals surface area contributed by atoms with Gasteiger partial charge in [0.2, 0.25) is 0 Å². The lowest BCUT2D eigenvalue weighted by molar-refractivity contribution is -0.500. The number of ketones is 1. The first-order chi connectivity index (χ1) is 9.43. The number of fused-ring (bicyclic) bond motifs is 1. The Morgan fingerprint density at radius 2 is 2.10 bits per heavy atom. The Kier molecular flexibility index (Phi) is 3.96. The van der Waals surface area contributed by atoms with Gasteiger partial charge in [0.25, 0.3) is 24.1 Å². The lowest BCUT2D eigenvalue weighted by Gasteiger charge is -2.32. The number of carbonyl (C=O) groups excluding carboxylic acids is 3. The molecule has 1 unspecified atom stereocenters. The van der Waals surface area contributed by atoms with E-state index in [1.807, 2.05) is 0 Å². The maximum absolute atomic E-state index is 12.4. The molecular formula is C13H19N4O3+. The van der Waals surface area contributed by atoms with Crippen LogP contribution in [-0.2, 0) is 9.59 Å². The number of nitrogens with zero attached hydrogens (tertiary/aromatic N) is 4. The molecule has 1 fully saturated rings. The van der Waals surface area contributed by atoms with Gasteiger partial charge < -0.3 is 4.79 Å². The van der Waals surface area contributed by atoms with E-state index in [2.05, 4.69) is 4.99 Å². The fourth-order valence-electron chi connectivity index (χ4n) is 2.39. The summed E-state index contributed by atoms with van der Waals surface area (Å²) >= 11 is 0. The smallest absolute Gasteiger partial charge is 0.300 e. The van der Waals surface area contributed by atoms with Gasteiger partial charge in [-0.1, -0.05) is 0 Å². The minimum absolute atomic E-state index is 0.123. The van der Waals surface area contributed by atoms with Crippen LogP contribution in [0.4, 0.5) is 4.79 Å². The number of unbranched alkanes of at least 4 members (excludes halogenated alkanes) is 1. The number of carbonyl (C=O) groups is 3. The number of likely N-dealkylation sites (N-methyl/N-ethyl adjacent to an activating group) is 2. The quantitative estimate of drug-likeness (QED) is 0.529. The van der Waals surface area contributed by atoms with Crippen molar-refractivity contribution in [3.8, 4) is 0 Å². The van der Waals surface area contributed by atoms with Gasteiger partial charge in [-0.15, -0.1) is 0 Å². The third-order valence-electron chi connectivity index (χ3n) is 3.55. The third kappa shape index (κ3) is 2.48. The molecule has 0 aromatic carbocycles. The van der Waals surface area contributed by atoms with Crippen molar-refractivity contribution < 1.29 is 19.0 Å².